The lowest BCUT2D eigenvalue weighted by Crippen LogP contribution is -2.60. The molecule has 1 aromatic carbocycles. The fraction of sp³-hybridized carbons (Fsp3) is 0.480. The Balaban J connectivity index is 1.77. The highest BCUT2D eigenvalue weighted by atomic mass is 35.5. The number of carbonyl (C=O) groups is 1. The number of ether oxygens (including phenoxy) is 1. The molecule has 0 bridgehead atoms. The molecule has 48 heavy (non-hydrogen) atoms. The first-order chi connectivity index (χ1) is 22.0. The third kappa shape index (κ3) is 6.41. The number of hydrogen-bond acceptors (Lipinski definition) is 8. The minimum absolute atomic E-state index is 0.000174. The van der Waals surface area contributed by atoms with Crippen LogP contribution in [0.5, 0.6) is 5.88 Å². The second-order valence-electron chi connectivity index (χ2n) is 10.3. The Morgan fingerprint density at radius 2 is 1.67 bits per heavy atom. The molecule has 0 spiro atoms. The largest absolute Gasteiger partial charge is 0.450 e. The van der Waals surface area contributed by atoms with Crippen molar-refractivity contribution < 1.29 is 66.0 Å². The van der Waals surface area contributed by atoms with E-state index in [1.807, 2.05) is 0 Å². The van der Waals surface area contributed by atoms with E-state index in [-0.39, 0.29) is 39.7 Å². The van der Waals surface area contributed by atoms with E-state index >= 15 is 0 Å². The molecule has 1 fully saturated rings. The summed E-state index contributed by atoms with van der Waals surface area (Å²) >= 11 is 6.31. The van der Waals surface area contributed by atoms with Crippen LogP contribution in [0.25, 0.3) is 16.9 Å². The molecular weight excluding hydrogens is 722 g/mol. The molecule has 11 nitrogen and oxygen atoms in total. The molecule has 266 valence electrons. The van der Waals surface area contributed by atoms with E-state index in [0.717, 1.165) is 12.4 Å². The Bertz CT molecular complexity index is 1790. The van der Waals surface area contributed by atoms with Gasteiger partial charge in [-0.05, 0) is 44.5 Å². The van der Waals surface area contributed by atoms with Crippen molar-refractivity contribution in [2.75, 3.05) is 20.4 Å². The van der Waals surface area contributed by atoms with Gasteiger partial charge in [0.2, 0.25) is 0 Å². The van der Waals surface area contributed by atoms with Gasteiger partial charge in [0.05, 0.1) is 22.4 Å². The molecule has 3 aromatic rings. The molecule has 0 atom stereocenters. The molecule has 0 radical (unpaired) electrons. The highest BCUT2D eigenvalue weighted by Gasteiger charge is 2.82. The van der Waals surface area contributed by atoms with Gasteiger partial charge in [-0.1, -0.05) is 17.7 Å². The van der Waals surface area contributed by atoms with Crippen molar-refractivity contribution in [3.63, 3.8) is 0 Å². The minimum atomic E-state index is -7.62. The smallest absolute Gasteiger partial charge is 0.361 e. The van der Waals surface area contributed by atoms with Gasteiger partial charge in [-0.25, -0.2) is 13.8 Å². The van der Waals surface area contributed by atoms with Gasteiger partial charge in [-0.3, -0.25) is 15.0 Å². The summed E-state index contributed by atoms with van der Waals surface area (Å²) in [6, 6.07) is 3.97. The molecule has 1 amide bonds. The highest BCUT2D eigenvalue weighted by molar-refractivity contribution is 7.88. The summed E-state index contributed by atoms with van der Waals surface area (Å²) in [5.74, 6) is -4.16. The first kappa shape index (κ1) is 37.2. The Labute approximate surface area is 269 Å². The Hall–Kier alpha value is -3.63. The van der Waals surface area contributed by atoms with E-state index in [1.165, 1.54) is 23.1 Å². The van der Waals surface area contributed by atoms with Crippen molar-refractivity contribution in [1.82, 2.24) is 29.8 Å². The van der Waals surface area contributed by atoms with Gasteiger partial charge in [0.15, 0.2) is 11.4 Å². The van der Waals surface area contributed by atoms with Crippen LogP contribution in [-0.2, 0) is 28.1 Å². The van der Waals surface area contributed by atoms with E-state index in [2.05, 4.69) is 19.7 Å². The van der Waals surface area contributed by atoms with Crippen molar-refractivity contribution in [3.8, 4) is 22.8 Å². The maximum atomic E-state index is 14.3. The van der Waals surface area contributed by atoms with Crippen LogP contribution in [0.1, 0.15) is 35.7 Å². The quantitative estimate of drug-likeness (QED) is 0.153. The number of hydrogen-bond donors (Lipinski definition) is 1. The fourth-order valence-electron chi connectivity index (χ4n) is 4.60. The molecule has 0 saturated heterocycles. The zero-order valence-corrected chi connectivity index (χ0v) is 26.1. The normalized spacial score (nSPS) is 15.5. The van der Waals surface area contributed by atoms with Crippen LogP contribution in [0, 0.1) is 0 Å². The number of aromatic nitrogens is 4. The van der Waals surface area contributed by atoms with Crippen molar-refractivity contribution in [1.29, 1.82) is 0 Å². The number of benzene rings is 1. The lowest BCUT2D eigenvalue weighted by molar-refractivity contribution is -0.307. The molecule has 2 heterocycles. The second-order valence-corrected chi connectivity index (χ2v) is 12.3. The molecule has 1 N–H and O–H groups in total. The predicted molar refractivity (Wildman–Crippen MR) is 145 cm³/mol. The Kier molecular flexibility index (Phi) is 9.58. The monoisotopic (exact) mass is 744 g/mol. The molecule has 0 unspecified atom stereocenters. The van der Waals surface area contributed by atoms with E-state index in [4.69, 9.17) is 16.3 Å². The number of nitrogens with one attached hydrogen (secondary N) is 1. The number of aryl methyl sites for hydroxylation is 1. The molecular formula is C25H23ClF10N6O5S. The van der Waals surface area contributed by atoms with Gasteiger partial charge >= 0.3 is 33.6 Å². The summed E-state index contributed by atoms with van der Waals surface area (Å²) in [5, 5.41) is 2.63. The van der Waals surface area contributed by atoms with Crippen LogP contribution in [-0.4, -0.2) is 82.2 Å². The number of alkyl halides is 10. The zero-order valence-electron chi connectivity index (χ0n) is 24.6. The third-order valence-corrected chi connectivity index (χ3v) is 9.09. The fourth-order valence-corrected chi connectivity index (χ4v) is 5.80. The van der Waals surface area contributed by atoms with Crippen LogP contribution >= 0.6 is 11.6 Å². The molecule has 1 saturated carbocycles. The number of nitrogens with zero attached hydrogens (tertiary/aromatic N) is 5. The van der Waals surface area contributed by atoms with E-state index in [1.54, 1.807) is 14.0 Å². The maximum Gasteiger partial charge on any atom is 0.450 e. The van der Waals surface area contributed by atoms with Gasteiger partial charge in [-0.2, -0.15) is 53.0 Å². The first-order valence-electron chi connectivity index (χ1n) is 13.3. The molecule has 1 aliphatic rings. The van der Waals surface area contributed by atoms with Crippen LogP contribution < -0.4 is 9.50 Å². The summed E-state index contributed by atoms with van der Waals surface area (Å²) in [7, 11) is -5.28. The first-order valence-corrected chi connectivity index (χ1v) is 15.1. The lowest BCUT2D eigenvalue weighted by Gasteiger charge is -2.31. The summed E-state index contributed by atoms with van der Waals surface area (Å²) in [5.41, 5.74) is -2.89. The van der Waals surface area contributed by atoms with E-state index in [9.17, 15) is 57.1 Å². The van der Waals surface area contributed by atoms with Crippen molar-refractivity contribution in [2.24, 2.45) is 7.05 Å². The van der Waals surface area contributed by atoms with Crippen LogP contribution in [0.4, 0.5) is 43.9 Å². The third-order valence-electron chi connectivity index (χ3n) is 7.24. The average molecular weight is 745 g/mol. The molecule has 2 aromatic heterocycles. The number of carbonyl (C=O) groups excluding carboxylic acids is 1. The average Bonchev–Trinajstić information content (AvgIpc) is 3.46. The molecule has 23 heteroatoms. The predicted octanol–water partition coefficient (Wildman–Crippen LogP) is 5.59. The molecule has 1 aliphatic carbocycles. The van der Waals surface area contributed by atoms with Gasteiger partial charge in [0.25, 0.3) is 11.8 Å². The van der Waals surface area contributed by atoms with Gasteiger partial charge in [0, 0.05) is 25.4 Å². The van der Waals surface area contributed by atoms with E-state index in [0.29, 0.717) is 24.6 Å². The van der Waals surface area contributed by atoms with E-state index < -0.39 is 62.5 Å². The van der Waals surface area contributed by atoms with Gasteiger partial charge < -0.3 is 8.92 Å². The van der Waals surface area contributed by atoms with Crippen molar-refractivity contribution in [3.05, 3.63) is 46.7 Å². The summed E-state index contributed by atoms with van der Waals surface area (Å²) in [6.45, 7) is 1.89. The summed E-state index contributed by atoms with van der Waals surface area (Å²) in [4.78, 5) is 15.0. The zero-order chi connectivity index (χ0) is 36.3. The van der Waals surface area contributed by atoms with Gasteiger partial charge in [0.1, 0.15) is 6.73 Å². The standard InChI is InChI=1S/C25H23ClF10N6O5S/c1-4-46-12-41(21(37-2)7-8-21)20(43)15-9-13(5-6-16(15)26)14-10-38-42(11-14)19-17(22(27,28)29)18(39-40(19)3)47-48(44,45)23(30,24(31,32)33)25(34,35)36/h5-6,9-11,37H,4,7-8,12H2,1-3H3. The van der Waals surface area contributed by atoms with Crippen LogP contribution in [0.15, 0.2) is 30.6 Å². The molecule has 4 rings (SSSR count). The summed E-state index contributed by atoms with van der Waals surface area (Å²) < 4.78 is 169. The summed E-state index contributed by atoms with van der Waals surface area (Å²) in [6.07, 6.45) is -17.1. The highest BCUT2D eigenvalue weighted by Crippen LogP contribution is 2.51. The topological polar surface area (TPSA) is 121 Å². The second kappa shape index (κ2) is 12.4. The Morgan fingerprint density at radius 3 is 2.17 bits per heavy atom. The van der Waals surface area contributed by atoms with Gasteiger partial charge in [-0.15, -0.1) is 5.10 Å². The molecule has 0 aliphatic heterocycles. The SMILES string of the molecule is CCOCN(C(=O)c1cc(-c2cnn(-c3c(C(F)(F)F)c(OS(=O)(=O)C(F)(C(F)(F)F)C(F)(F)F)nn3C)c2)ccc1Cl)C1(NC)CC1. The maximum absolute atomic E-state index is 14.3. The Morgan fingerprint density at radius 1 is 1.06 bits per heavy atom. The number of rotatable bonds is 11. The van der Waals surface area contributed by atoms with Crippen molar-refractivity contribution in [2.45, 2.75) is 49.0 Å². The van der Waals surface area contributed by atoms with Crippen molar-refractivity contribution >= 4 is 27.6 Å². The van der Waals surface area contributed by atoms with Crippen LogP contribution in [0.3, 0.4) is 0 Å². The minimum Gasteiger partial charge on any atom is -0.361 e. The van der Waals surface area contributed by atoms with Crippen LogP contribution in [0.2, 0.25) is 5.02 Å². The lowest BCUT2D eigenvalue weighted by atomic mass is 10.0. The number of amides is 1. The number of halogens is 11.